The number of carbonyl (C=O) groups excluding carboxylic acids is 3. The highest BCUT2D eigenvalue weighted by molar-refractivity contribution is 6.09. The highest BCUT2D eigenvalue weighted by Crippen LogP contribution is 2.28. The Balaban J connectivity index is 1.49. The van der Waals surface area contributed by atoms with Crippen molar-refractivity contribution in [1.29, 1.82) is 0 Å². The molecule has 0 aliphatic carbocycles. The van der Waals surface area contributed by atoms with Crippen molar-refractivity contribution in [3.63, 3.8) is 0 Å². The third-order valence-electron chi connectivity index (χ3n) is 6.24. The van der Waals surface area contributed by atoms with E-state index >= 15 is 0 Å². The van der Waals surface area contributed by atoms with E-state index in [4.69, 9.17) is 5.10 Å². The maximum absolute atomic E-state index is 13.1. The Morgan fingerprint density at radius 2 is 1.60 bits per heavy atom. The highest BCUT2D eigenvalue weighted by Gasteiger charge is 2.50. The molecule has 8 nitrogen and oxygen atoms in total. The van der Waals surface area contributed by atoms with Crippen LogP contribution in [0, 0.1) is 0 Å². The predicted molar refractivity (Wildman–Crippen MR) is 134 cm³/mol. The minimum Gasteiger partial charge on any atom is -0.350 e. The molecule has 2 N–H and O–H groups in total. The number of nitrogens with one attached hydrogen (secondary N) is 2. The lowest BCUT2D eigenvalue weighted by atomic mass is 9.88. The van der Waals surface area contributed by atoms with Crippen LogP contribution in [0.15, 0.2) is 66.9 Å². The largest absolute Gasteiger partial charge is 0.350 e. The van der Waals surface area contributed by atoms with Crippen LogP contribution in [0.1, 0.15) is 45.1 Å². The first-order valence-corrected chi connectivity index (χ1v) is 12.1. The Kier molecular flexibility index (Phi) is 7.29. The molecular formula is C27H31N5O3. The van der Waals surface area contributed by atoms with Crippen LogP contribution >= 0.6 is 0 Å². The Morgan fingerprint density at radius 1 is 0.971 bits per heavy atom. The zero-order valence-corrected chi connectivity index (χ0v) is 20.2. The second-order valence-electron chi connectivity index (χ2n) is 8.83. The molecule has 3 aromatic rings. The number of aromatic nitrogens is 2. The lowest BCUT2D eigenvalue weighted by Gasteiger charge is -2.25. The average molecular weight is 474 g/mol. The van der Waals surface area contributed by atoms with E-state index in [-0.39, 0.29) is 19.0 Å². The minimum absolute atomic E-state index is 0.217. The number of benzene rings is 2. The van der Waals surface area contributed by atoms with E-state index in [1.807, 2.05) is 80.7 Å². The summed E-state index contributed by atoms with van der Waals surface area (Å²) in [4.78, 5) is 39.5. The number of hydrogen-bond donors (Lipinski definition) is 2. The SMILES string of the molecule is CCCC1(CCC)NC(=O)N(CC(=O)NCc2cn(-c3ccccc3)nc2-c2ccccc2)C1=O. The maximum atomic E-state index is 13.1. The summed E-state index contributed by atoms with van der Waals surface area (Å²) < 4.78 is 1.78. The van der Waals surface area contributed by atoms with Gasteiger partial charge in [0, 0.05) is 23.9 Å². The number of hydrogen-bond acceptors (Lipinski definition) is 4. The van der Waals surface area contributed by atoms with Crippen LogP contribution in [0.2, 0.25) is 0 Å². The van der Waals surface area contributed by atoms with E-state index in [0.29, 0.717) is 12.8 Å². The van der Waals surface area contributed by atoms with Gasteiger partial charge in [-0.2, -0.15) is 5.10 Å². The van der Waals surface area contributed by atoms with Gasteiger partial charge in [-0.25, -0.2) is 9.48 Å². The molecule has 1 aliphatic rings. The fourth-order valence-corrected chi connectivity index (χ4v) is 4.62. The van der Waals surface area contributed by atoms with Gasteiger partial charge < -0.3 is 10.6 Å². The first-order valence-electron chi connectivity index (χ1n) is 12.1. The fourth-order valence-electron chi connectivity index (χ4n) is 4.62. The maximum Gasteiger partial charge on any atom is 0.325 e. The monoisotopic (exact) mass is 473 g/mol. The molecule has 0 saturated carbocycles. The van der Waals surface area contributed by atoms with E-state index in [2.05, 4.69) is 10.6 Å². The standard InChI is InChI=1S/C27H31N5O3/c1-3-15-27(16-4-2)25(34)31(26(35)29-27)19-23(33)28-17-21-18-32(22-13-9-6-10-14-22)30-24(21)20-11-7-5-8-12-20/h5-14,18H,3-4,15-17,19H2,1-2H3,(H,28,33)(H,29,35). The van der Waals surface area contributed by atoms with Crippen LogP contribution in [0.5, 0.6) is 0 Å². The summed E-state index contributed by atoms with van der Waals surface area (Å²) in [7, 11) is 0. The van der Waals surface area contributed by atoms with Crippen LogP contribution in [-0.4, -0.2) is 44.6 Å². The lowest BCUT2D eigenvalue weighted by molar-refractivity contribution is -0.135. The van der Waals surface area contributed by atoms with Gasteiger partial charge in [0.1, 0.15) is 12.1 Å². The quantitative estimate of drug-likeness (QED) is 0.434. The molecule has 0 spiro atoms. The second-order valence-corrected chi connectivity index (χ2v) is 8.83. The highest BCUT2D eigenvalue weighted by atomic mass is 16.2. The lowest BCUT2D eigenvalue weighted by Crippen LogP contribution is -2.47. The van der Waals surface area contributed by atoms with Gasteiger partial charge in [-0.3, -0.25) is 14.5 Å². The topological polar surface area (TPSA) is 96.3 Å². The van der Waals surface area contributed by atoms with Crippen molar-refractivity contribution in [1.82, 2.24) is 25.3 Å². The van der Waals surface area contributed by atoms with Crippen molar-refractivity contribution in [3.05, 3.63) is 72.4 Å². The van der Waals surface area contributed by atoms with Crippen molar-refractivity contribution < 1.29 is 14.4 Å². The molecule has 2 heterocycles. The number of para-hydroxylation sites is 1. The number of nitrogens with zero attached hydrogens (tertiary/aromatic N) is 3. The average Bonchev–Trinajstić information content (AvgIpc) is 3.40. The normalized spacial score (nSPS) is 14.7. The molecule has 1 saturated heterocycles. The third-order valence-corrected chi connectivity index (χ3v) is 6.24. The van der Waals surface area contributed by atoms with Crippen molar-refractivity contribution in [3.8, 4) is 16.9 Å². The summed E-state index contributed by atoms with van der Waals surface area (Å²) in [6.07, 6.45) is 4.53. The van der Waals surface area contributed by atoms with Gasteiger partial charge in [0.25, 0.3) is 5.91 Å². The molecule has 0 unspecified atom stereocenters. The molecule has 182 valence electrons. The van der Waals surface area contributed by atoms with Crippen LogP contribution in [-0.2, 0) is 16.1 Å². The van der Waals surface area contributed by atoms with Crippen molar-refractivity contribution >= 4 is 17.8 Å². The summed E-state index contributed by atoms with van der Waals surface area (Å²) in [5.74, 6) is -0.716. The number of urea groups is 1. The Morgan fingerprint density at radius 3 is 2.23 bits per heavy atom. The molecule has 4 amide bonds. The molecule has 0 bridgehead atoms. The summed E-state index contributed by atoms with van der Waals surface area (Å²) >= 11 is 0. The molecule has 1 aromatic heterocycles. The second kappa shape index (κ2) is 10.5. The smallest absolute Gasteiger partial charge is 0.325 e. The van der Waals surface area contributed by atoms with Crippen LogP contribution in [0.25, 0.3) is 16.9 Å². The van der Waals surface area contributed by atoms with Crippen LogP contribution in [0.4, 0.5) is 4.79 Å². The minimum atomic E-state index is -0.905. The molecule has 1 fully saturated rings. The Bertz CT molecular complexity index is 1180. The molecule has 1 aliphatic heterocycles. The summed E-state index contributed by atoms with van der Waals surface area (Å²) in [6.45, 7) is 3.86. The van der Waals surface area contributed by atoms with Gasteiger partial charge in [-0.15, -0.1) is 0 Å². The molecule has 35 heavy (non-hydrogen) atoms. The van der Waals surface area contributed by atoms with E-state index in [1.54, 1.807) is 4.68 Å². The van der Waals surface area contributed by atoms with E-state index in [1.165, 1.54) is 0 Å². The van der Waals surface area contributed by atoms with E-state index in [9.17, 15) is 14.4 Å². The predicted octanol–water partition coefficient (Wildman–Crippen LogP) is 4.05. The van der Waals surface area contributed by atoms with Gasteiger partial charge in [0.15, 0.2) is 0 Å². The summed E-state index contributed by atoms with van der Waals surface area (Å²) in [5, 5.41) is 10.5. The van der Waals surface area contributed by atoms with Gasteiger partial charge >= 0.3 is 6.03 Å². The van der Waals surface area contributed by atoms with E-state index in [0.717, 1.165) is 40.2 Å². The zero-order chi connectivity index (χ0) is 24.8. The number of amides is 4. The molecule has 2 aromatic carbocycles. The summed E-state index contributed by atoms with van der Waals surface area (Å²) in [6, 6.07) is 19.0. The van der Waals surface area contributed by atoms with Gasteiger partial charge in [-0.05, 0) is 25.0 Å². The summed E-state index contributed by atoms with van der Waals surface area (Å²) in [5.41, 5.74) is 2.53. The Labute approximate surface area is 205 Å². The van der Waals surface area contributed by atoms with Crippen molar-refractivity contribution in [2.24, 2.45) is 0 Å². The first-order chi connectivity index (χ1) is 17.0. The molecule has 8 heteroatoms. The van der Waals surface area contributed by atoms with Gasteiger partial charge in [0.05, 0.1) is 11.4 Å². The van der Waals surface area contributed by atoms with Crippen molar-refractivity contribution in [2.75, 3.05) is 6.54 Å². The van der Waals surface area contributed by atoms with Gasteiger partial charge in [-0.1, -0.05) is 75.2 Å². The van der Waals surface area contributed by atoms with Crippen LogP contribution in [0.3, 0.4) is 0 Å². The van der Waals surface area contributed by atoms with Gasteiger partial charge in [0.2, 0.25) is 5.91 Å². The molecule has 4 rings (SSSR count). The molecule has 0 radical (unpaired) electrons. The Hall–Kier alpha value is -3.94. The number of imide groups is 1. The molecular weight excluding hydrogens is 442 g/mol. The zero-order valence-electron chi connectivity index (χ0n) is 20.2. The third kappa shape index (κ3) is 5.11. The van der Waals surface area contributed by atoms with Crippen LogP contribution < -0.4 is 10.6 Å². The van der Waals surface area contributed by atoms with Crippen molar-refractivity contribution in [2.45, 2.75) is 51.6 Å². The molecule has 0 atom stereocenters. The number of rotatable bonds is 10. The first kappa shape index (κ1) is 24.2. The fraction of sp³-hybridized carbons (Fsp3) is 0.333. The van der Waals surface area contributed by atoms with E-state index < -0.39 is 17.5 Å². The number of carbonyl (C=O) groups is 3.